The summed E-state index contributed by atoms with van der Waals surface area (Å²) >= 11 is 0. The Bertz CT molecular complexity index is 314. The third-order valence-corrected chi connectivity index (χ3v) is 3.66. The fraction of sp³-hybridized carbons (Fsp3) is 0.625. The number of rotatable bonds is 7. The van der Waals surface area contributed by atoms with Crippen LogP contribution < -0.4 is 5.32 Å². The molecule has 0 aromatic heterocycles. The molecule has 94 valence electrons. The minimum atomic E-state index is 0.748. The molecule has 1 aliphatic carbocycles. The first-order chi connectivity index (χ1) is 8.25. The van der Waals surface area contributed by atoms with Crippen molar-refractivity contribution in [1.29, 1.82) is 0 Å². The van der Waals surface area contributed by atoms with Crippen LogP contribution in [0.5, 0.6) is 0 Å². The molecule has 17 heavy (non-hydrogen) atoms. The van der Waals surface area contributed by atoms with E-state index in [-0.39, 0.29) is 0 Å². The Morgan fingerprint density at radius 2 is 1.82 bits per heavy atom. The minimum Gasteiger partial charge on any atom is -0.310 e. The first-order valence-corrected chi connectivity index (χ1v) is 7.03. The summed E-state index contributed by atoms with van der Waals surface area (Å²) in [6.07, 6.45) is 5.56. The van der Waals surface area contributed by atoms with E-state index < -0.39 is 0 Å². The topological polar surface area (TPSA) is 12.0 Å². The molecule has 1 aromatic carbocycles. The number of hydrogen-bond donors (Lipinski definition) is 1. The van der Waals surface area contributed by atoms with Crippen LogP contribution in [-0.4, -0.2) is 6.04 Å². The van der Waals surface area contributed by atoms with Crippen LogP contribution in [0.4, 0.5) is 0 Å². The summed E-state index contributed by atoms with van der Waals surface area (Å²) in [6, 6.07) is 11.5. The largest absolute Gasteiger partial charge is 0.310 e. The Balaban J connectivity index is 1.77. The van der Waals surface area contributed by atoms with E-state index >= 15 is 0 Å². The molecule has 1 aliphatic rings. The fourth-order valence-electron chi connectivity index (χ4n) is 2.36. The molecule has 0 spiro atoms. The van der Waals surface area contributed by atoms with E-state index in [1.807, 2.05) is 0 Å². The fourth-order valence-corrected chi connectivity index (χ4v) is 2.36. The Morgan fingerprint density at radius 3 is 2.41 bits per heavy atom. The molecule has 0 bridgehead atoms. The molecule has 1 atom stereocenters. The molecule has 1 N–H and O–H groups in total. The lowest BCUT2D eigenvalue weighted by molar-refractivity contribution is 0.394. The van der Waals surface area contributed by atoms with Crippen LogP contribution in [0.2, 0.25) is 0 Å². The zero-order chi connectivity index (χ0) is 12.1. The Labute approximate surface area is 106 Å². The minimum absolute atomic E-state index is 0.748. The molecule has 1 unspecified atom stereocenters. The summed E-state index contributed by atoms with van der Waals surface area (Å²) in [6.45, 7) is 5.67. The summed E-state index contributed by atoms with van der Waals surface area (Å²) in [5.41, 5.74) is 1.41. The van der Waals surface area contributed by atoms with Gasteiger partial charge in [0.15, 0.2) is 0 Å². The van der Waals surface area contributed by atoms with Gasteiger partial charge in [-0.3, -0.25) is 0 Å². The highest BCUT2D eigenvalue weighted by atomic mass is 14.9. The zero-order valence-corrected chi connectivity index (χ0v) is 11.2. The molecule has 1 heteroatoms. The number of benzene rings is 1. The van der Waals surface area contributed by atoms with Crippen LogP contribution in [0.1, 0.15) is 45.1 Å². The smallest absolute Gasteiger partial charge is 0.0208 e. The van der Waals surface area contributed by atoms with Gasteiger partial charge in [0.05, 0.1) is 0 Å². The lowest BCUT2D eigenvalue weighted by Gasteiger charge is -2.19. The summed E-state index contributed by atoms with van der Waals surface area (Å²) < 4.78 is 0. The van der Waals surface area contributed by atoms with Crippen molar-refractivity contribution in [3.63, 3.8) is 0 Å². The van der Waals surface area contributed by atoms with Gasteiger partial charge in [0, 0.05) is 12.6 Å². The van der Waals surface area contributed by atoms with E-state index in [9.17, 15) is 0 Å². The van der Waals surface area contributed by atoms with E-state index in [1.54, 1.807) is 0 Å². The highest BCUT2D eigenvalue weighted by Gasteiger charge is 2.30. The average molecular weight is 231 g/mol. The van der Waals surface area contributed by atoms with Gasteiger partial charge in [-0.05, 0) is 43.1 Å². The van der Waals surface area contributed by atoms with Crippen molar-refractivity contribution in [3.05, 3.63) is 35.9 Å². The van der Waals surface area contributed by atoms with Crippen LogP contribution in [0.25, 0.3) is 0 Å². The predicted octanol–water partition coefficient (Wildman–Crippen LogP) is 3.99. The van der Waals surface area contributed by atoms with Crippen molar-refractivity contribution in [2.45, 2.75) is 52.1 Å². The van der Waals surface area contributed by atoms with Crippen LogP contribution >= 0.6 is 0 Å². The van der Waals surface area contributed by atoms with Gasteiger partial charge in [-0.15, -0.1) is 0 Å². The quantitative estimate of drug-likeness (QED) is 0.748. The molecule has 0 radical (unpaired) electrons. The third kappa shape index (κ3) is 4.51. The van der Waals surface area contributed by atoms with E-state index in [2.05, 4.69) is 49.5 Å². The van der Waals surface area contributed by atoms with Gasteiger partial charge in [0.2, 0.25) is 0 Å². The predicted molar refractivity (Wildman–Crippen MR) is 73.9 cm³/mol. The van der Waals surface area contributed by atoms with Gasteiger partial charge in [-0.25, -0.2) is 0 Å². The average Bonchev–Trinajstić information content (AvgIpc) is 3.14. The third-order valence-electron chi connectivity index (χ3n) is 3.66. The zero-order valence-electron chi connectivity index (χ0n) is 11.2. The number of hydrogen-bond acceptors (Lipinski definition) is 1. The normalized spacial score (nSPS) is 17.4. The van der Waals surface area contributed by atoms with E-state index in [0.29, 0.717) is 0 Å². The maximum atomic E-state index is 3.75. The van der Waals surface area contributed by atoms with E-state index in [0.717, 1.165) is 24.4 Å². The summed E-state index contributed by atoms with van der Waals surface area (Å²) in [5, 5.41) is 3.75. The molecule has 0 amide bonds. The van der Waals surface area contributed by atoms with Crippen molar-refractivity contribution in [2.24, 2.45) is 11.8 Å². The van der Waals surface area contributed by atoms with Gasteiger partial charge < -0.3 is 5.32 Å². The van der Waals surface area contributed by atoms with Gasteiger partial charge in [-0.1, -0.05) is 44.2 Å². The molecular weight excluding hydrogens is 206 g/mol. The first kappa shape index (κ1) is 12.6. The van der Waals surface area contributed by atoms with Crippen molar-refractivity contribution >= 4 is 0 Å². The highest BCUT2D eigenvalue weighted by Crippen LogP contribution is 2.35. The molecule has 1 saturated carbocycles. The number of nitrogens with one attached hydrogen (secondary N) is 1. The van der Waals surface area contributed by atoms with Gasteiger partial charge in [0.25, 0.3) is 0 Å². The summed E-state index contributed by atoms with van der Waals surface area (Å²) in [5.74, 6) is 1.78. The maximum absolute atomic E-state index is 3.75. The molecule has 2 rings (SSSR count). The van der Waals surface area contributed by atoms with Crippen LogP contribution in [0.3, 0.4) is 0 Å². The molecule has 1 fully saturated rings. The second-order valence-corrected chi connectivity index (χ2v) is 5.78. The van der Waals surface area contributed by atoms with E-state index in [1.165, 1.54) is 31.2 Å². The van der Waals surface area contributed by atoms with Crippen molar-refractivity contribution in [2.75, 3.05) is 0 Å². The Kier molecular flexibility index (Phi) is 4.61. The SMILES string of the molecule is CC(C)CCC(NCc1ccccc1)C1CC1. The first-order valence-electron chi connectivity index (χ1n) is 7.03. The van der Waals surface area contributed by atoms with Crippen LogP contribution in [0, 0.1) is 11.8 Å². The molecule has 0 heterocycles. The Morgan fingerprint density at radius 1 is 1.12 bits per heavy atom. The molecule has 0 aliphatic heterocycles. The summed E-state index contributed by atoms with van der Waals surface area (Å²) in [4.78, 5) is 0. The second kappa shape index (κ2) is 6.20. The van der Waals surface area contributed by atoms with Gasteiger partial charge in [-0.2, -0.15) is 0 Å². The molecular formula is C16H25N. The van der Waals surface area contributed by atoms with Gasteiger partial charge in [0.1, 0.15) is 0 Å². The standard InChI is InChI=1S/C16H25N/c1-13(2)8-11-16(15-9-10-15)17-12-14-6-4-3-5-7-14/h3-7,13,15-17H,8-12H2,1-2H3. The monoisotopic (exact) mass is 231 g/mol. The summed E-state index contributed by atoms with van der Waals surface area (Å²) in [7, 11) is 0. The van der Waals surface area contributed by atoms with Crippen molar-refractivity contribution < 1.29 is 0 Å². The molecule has 1 aromatic rings. The van der Waals surface area contributed by atoms with Crippen LogP contribution in [-0.2, 0) is 6.54 Å². The Hall–Kier alpha value is -0.820. The highest BCUT2D eigenvalue weighted by molar-refractivity contribution is 5.14. The maximum Gasteiger partial charge on any atom is 0.0208 e. The lowest BCUT2D eigenvalue weighted by Crippen LogP contribution is -2.30. The van der Waals surface area contributed by atoms with Gasteiger partial charge >= 0.3 is 0 Å². The molecule has 1 nitrogen and oxygen atoms in total. The van der Waals surface area contributed by atoms with Crippen LogP contribution in [0.15, 0.2) is 30.3 Å². The second-order valence-electron chi connectivity index (χ2n) is 5.78. The lowest BCUT2D eigenvalue weighted by atomic mass is 10.00. The van der Waals surface area contributed by atoms with Crippen molar-refractivity contribution in [3.8, 4) is 0 Å². The van der Waals surface area contributed by atoms with E-state index in [4.69, 9.17) is 0 Å². The van der Waals surface area contributed by atoms with Crippen molar-refractivity contribution in [1.82, 2.24) is 5.32 Å². The molecule has 0 saturated heterocycles.